The van der Waals surface area contributed by atoms with Crippen molar-refractivity contribution in [3.63, 3.8) is 0 Å². The third kappa shape index (κ3) is 7.15. The third-order valence-corrected chi connectivity index (χ3v) is 10.5. The summed E-state index contributed by atoms with van der Waals surface area (Å²) in [5.41, 5.74) is 2.28. The molecule has 2 aromatic carbocycles. The van der Waals surface area contributed by atoms with E-state index in [9.17, 15) is 12.8 Å². The number of thiazole rings is 1. The minimum absolute atomic E-state index is 0.177. The molecular formula is C31H31ClFN5O4S2. The van der Waals surface area contributed by atoms with E-state index >= 15 is 0 Å². The van der Waals surface area contributed by atoms with Crippen LogP contribution < -0.4 is 10.1 Å². The second-order valence-corrected chi connectivity index (χ2v) is 14.4. The van der Waals surface area contributed by atoms with Crippen molar-refractivity contribution in [3.05, 3.63) is 87.8 Å². The molecule has 1 N–H and O–H groups in total. The van der Waals surface area contributed by atoms with Gasteiger partial charge in [0, 0.05) is 16.5 Å². The van der Waals surface area contributed by atoms with Crippen molar-refractivity contribution in [3.8, 4) is 17.1 Å². The zero-order valence-corrected chi connectivity index (χ0v) is 26.9. The molecule has 0 saturated heterocycles. The Morgan fingerprint density at radius 1 is 1.05 bits per heavy atom. The van der Waals surface area contributed by atoms with E-state index in [4.69, 9.17) is 26.1 Å². The number of anilines is 2. The van der Waals surface area contributed by atoms with Crippen molar-refractivity contribution >= 4 is 55.2 Å². The summed E-state index contributed by atoms with van der Waals surface area (Å²) in [7, 11) is -3.42. The molecule has 0 spiro atoms. The van der Waals surface area contributed by atoms with E-state index in [1.807, 2.05) is 18.4 Å². The maximum Gasteiger partial charge on any atom is 0.179 e. The number of ether oxygens (including phenoxy) is 2. The maximum absolute atomic E-state index is 13.5. The van der Waals surface area contributed by atoms with Crippen molar-refractivity contribution in [2.24, 2.45) is 0 Å². The topological polar surface area (TPSA) is 116 Å². The second-order valence-electron chi connectivity index (χ2n) is 10.3. The number of pyridine rings is 1. The highest BCUT2D eigenvalue weighted by Crippen LogP contribution is 2.34. The van der Waals surface area contributed by atoms with Crippen molar-refractivity contribution < 1.29 is 22.3 Å². The first-order valence-electron chi connectivity index (χ1n) is 13.9. The lowest BCUT2D eigenvalue weighted by Gasteiger charge is -2.21. The SMILES string of the molecule is CCC(OC(C)S(=O)(=O)C(C)C)c1nc(-c2cc3c(Nc4ccc(OCc5cccc(F)c5)c(Cl)c4)ncnc3cn2)cs1. The molecule has 2 unspecified atom stereocenters. The first-order chi connectivity index (χ1) is 21.0. The highest BCUT2D eigenvalue weighted by atomic mass is 35.5. The number of aromatic nitrogens is 4. The molecule has 0 saturated carbocycles. The van der Waals surface area contributed by atoms with Gasteiger partial charge in [0.2, 0.25) is 0 Å². The third-order valence-electron chi connectivity index (χ3n) is 6.91. The van der Waals surface area contributed by atoms with Crippen LogP contribution in [0.3, 0.4) is 0 Å². The minimum Gasteiger partial charge on any atom is -0.487 e. The Labute approximate surface area is 264 Å². The lowest BCUT2D eigenvalue weighted by Crippen LogP contribution is -2.29. The van der Waals surface area contributed by atoms with Gasteiger partial charge in [0.05, 0.1) is 33.4 Å². The van der Waals surface area contributed by atoms with Crippen molar-refractivity contribution in [2.45, 2.75) is 57.5 Å². The average molecular weight is 656 g/mol. The summed E-state index contributed by atoms with van der Waals surface area (Å²) in [5.74, 6) is 0.678. The fourth-order valence-electron chi connectivity index (χ4n) is 4.39. The van der Waals surface area contributed by atoms with E-state index in [1.54, 1.807) is 57.3 Å². The molecule has 3 heterocycles. The summed E-state index contributed by atoms with van der Waals surface area (Å²) in [4.78, 5) is 18.1. The van der Waals surface area contributed by atoms with Gasteiger partial charge in [-0.25, -0.2) is 27.8 Å². The molecule has 0 amide bonds. The Morgan fingerprint density at radius 3 is 2.59 bits per heavy atom. The Morgan fingerprint density at radius 2 is 1.86 bits per heavy atom. The molecular weight excluding hydrogens is 625 g/mol. The molecule has 0 bridgehead atoms. The summed E-state index contributed by atoms with van der Waals surface area (Å²) in [6, 6.07) is 13.3. The monoisotopic (exact) mass is 655 g/mol. The molecule has 5 rings (SSSR count). The molecule has 5 aromatic rings. The number of halogens is 2. The van der Waals surface area contributed by atoms with Gasteiger partial charge in [0.15, 0.2) is 15.3 Å². The summed E-state index contributed by atoms with van der Waals surface area (Å²) in [6.45, 7) is 6.96. The quantitative estimate of drug-likeness (QED) is 0.143. The van der Waals surface area contributed by atoms with E-state index in [1.165, 1.54) is 29.8 Å². The molecule has 0 aliphatic heterocycles. The van der Waals surface area contributed by atoms with Crippen LogP contribution in [0.25, 0.3) is 22.3 Å². The molecule has 0 aliphatic rings. The molecule has 3 aromatic heterocycles. The number of sulfone groups is 1. The molecule has 44 heavy (non-hydrogen) atoms. The van der Waals surface area contributed by atoms with Gasteiger partial charge in [-0.2, -0.15) is 0 Å². The number of nitrogens with zero attached hydrogens (tertiary/aromatic N) is 4. The van der Waals surface area contributed by atoms with Crippen LogP contribution in [-0.2, 0) is 21.2 Å². The Balaban J connectivity index is 1.34. The van der Waals surface area contributed by atoms with Crippen LogP contribution in [0, 0.1) is 5.82 Å². The van der Waals surface area contributed by atoms with Crippen LogP contribution in [0.2, 0.25) is 5.02 Å². The number of rotatable bonds is 12. The second kappa shape index (κ2) is 13.5. The average Bonchev–Trinajstić information content (AvgIpc) is 3.49. The van der Waals surface area contributed by atoms with Crippen LogP contribution in [0.4, 0.5) is 15.9 Å². The lowest BCUT2D eigenvalue weighted by atomic mass is 10.2. The van der Waals surface area contributed by atoms with Crippen LogP contribution >= 0.6 is 22.9 Å². The molecule has 0 fully saturated rings. The van der Waals surface area contributed by atoms with Gasteiger partial charge in [-0.05, 0) is 69.2 Å². The number of nitrogens with one attached hydrogen (secondary N) is 1. The van der Waals surface area contributed by atoms with Gasteiger partial charge in [-0.3, -0.25) is 4.98 Å². The summed E-state index contributed by atoms with van der Waals surface area (Å²) >= 11 is 7.89. The molecule has 9 nitrogen and oxygen atoms in total. The van der Waals surface area contributed by atoms with Gasteiger partial charge < -0.3 is 14.8 Å². The number of hydrogen-bond acceptors (Lipinski definition) is 10. The first kappa shape index (κ1) is 31.7. The van der Waals surface area contributed by atoms with Gasteiger partial charge in [0.1, 0.15) is 41.4 Å². The fourth-order valence-corrected chi connectivity index (χ4v) is 6.61. The smallest absolute Gasteiger partial charge is 0.179 e. The maximum atomic E-state index is 13.5. The van der Waals surface area contributed by atoms with Gasteiger partial charge in [0.25, 0.3) is 0 Å². The largest absolute Gasteiger partial charge is 0.487 e. The van der Waals surface area contributed by atoms with E-state index in [0.29, 0.717) is 56.2 Å². The van der Waals surface area contributed by atoms with Crippen molar-refractivity contribution in [1.29, 1.82) is 0 Å². The predicted molar refractivity (Wildman–Crippen MR) is 172 cm³/mol. The van der Waals surface area contributed by atoms with Gasteiger partial charge in [-0.15, -0.1) is 11.3 Å². The lowest BCUT2D eigenvalue weighted by molar-refractivity contribution is 0.0349. The van der Waals surface area contributed by atoms with Gasteiger partial charge >= 0.3 is 0 Å². The molecule has 0 aliphatic carbocycles. The standard InChI is InChI=1S/C31H31ClFN5O4S2/c1-5-28(42-19(4)44(39,40)18(2)3)31-38-27(16-43-31)25-13-23-26(14-34-25)35-17-36-30(23)37-22-9-10-29(24(32)12-22)41-15-20-7-6-8-21(33)11-20/h6-14,16-19,28H,5,15H2,1-4H3,(H,35,36,37). The van der Waals surface area contributed by atoms with Gasteiger partial charge in [-0.1, -0.05) is 30.7 Å². The molecule has 0 radical (unpaired) electrons. The number of hydrogen-bond donors (Lipinski definition) is 1. The summed E-state index contributed by atoms with van der Waals surface area (Å²) < 4.78 is 50.3. The molecule has 230 valence electrons. The molecule has 13 heteroatoms. The fraction of sp³-hybridized carbons (Fsp3) is 0.290. The van der Waals surface area contributed by atoms with E-state index < -0.39 is 26.6 Å². The van der Waals surface area contributed by atoms with Crippen LogP contribution in [0.15, 0.2) is 66.4 Å². The summed E-state index contributed by atoms with van der Waals surface area (Å²) in [6.07, 6.45) is 3.19. The normalized spacial score (nSPS) is 13.2. The van der Waals surface area contributed by atoms with Crippen LogP contribution in [0.5, 0.6) is 5.75 Å². The van der Waals surface area contributed by atoms with Crippen LogP contribution in [-0.4, -0.2) is 39.0 Å². The Hall–Kier alpha value is -3.71. The zero-order valence-electron chi connectivity index (χ0n) is 24.5. The van der Waals surface area contributed by atoms with E-state index in [-0.39, 0.29) is 12.4 Å². The summed E-state index contributed by atoms with van der Waals surface area (Å²) in [5, 5.41) is 6.39. The predicted octanol–water partition coefficient (Wildman–Crippen LogP) is 7.90. The number of benzene rings is 2. The van der Waals surface area contributed by atoms with E-state index in [2.05, 4.69) is 20.3 Å². The number of fused-ring (bicyclic) bond motifs is 1. The minimum atomic E-state index is -3.42. The van der Waals surface area contributed by atoms with Crippen molar-refractivity contribution in [2.75, 3.05) is 5.32 Å². The highest BCUT2D eigenvalue weighted by Gasteiger charge is 2.29. The zero-order chi connectivity index (χ0) is 31.4. The van der Waals surface area contributed by atoms with Crippen molar-refractivity contribution in [1.82, 2.24) is 19.9 Å². The molecule has 2 atom stereocenters. The van der Waals surface area contributed by atoms with E-state index in [0.717, 1.165) is 5.39 Å². The first-order valence-corrected chi connectivity index (χ1v) is 16.8. The Kier molecular flexibility index (Phi) is 9.74. The Bertz CT molecular complexity index is 1890. The van der Waals surface area contributed by atoms with Crippen LogP contribution in [0.1, 0.15) is 50.8 Å². The highest BCUT2D eigenvalue weighted by molar-refractivity contribution is 7.92.